The SMILES string of the molecule is CCOC(=O)CC(C)(C)c1cccs1. The van der Waals surface area contributed by atoms with Crippen LogP contribution < -0.4 is 0 Å². The molecule has 1 aromatic rings. The second-order valence-corrected chi connectivity index (χ2v) is 4.79. The quantitative estimate of drug-likeness (QED) is 0.717. The highest BCUT2D eigenvalue weighted by molar-refractivity contribution is 7.10. The molecule has 1 heterocycles. The van der Waals surface area contributed by atoms with Crippen LogP contribution >= 0.6 is 11.3 Å². The summed E-state index contributed by atoms with van der Waals surface area (Å²) in [5, 5.41) is 2.03. The van der Waals surface area contributed by atoms with Crippen molar-refractivity contribution >= 4 is 17.3 Å². The molecule has 0 aromatic carbocycles. The molecule has 2 nitrogen and oxygen atoms in total. The van der Waals surface area contributed by atoms with E-state index < -0.39 is 0 Å². The lowest BCUT2D eigenvalue weighted by Gasteiger charge is -2.21. The Kier molecular flexibility index (Phi) is 3.69. The van der Waals surface area contributed by atoms with E-state index in [0.717, 1.165) is 0 Å². The van der Waals surface area contributed by atoms with Crippen LogP contribution in [-0.2, 0) is 14.9 Å². The molecule has 0 N–H and O–H groups in total. The summed E-state index contributed by atoms with van der Waals surface area (Å²) in [7, 11) is 0. The van der Waals surface area contributed by atoms with Gasteiger partial charge in [-0.3, -0.25) is 4.79 Å². The molecule has 0 saturated carbocycles. The zero-order chi connectivity index (χ0) is 10.6. The fraction of sp³-hybridized carbons (Fsp3) is 0.545. The average molecular weight is 212 g/mol. The van der Waals surface area contributed by atoms with Gasteiger partial charge in [-0.15, -0.1) is 11.3 Å². The minimum Gasteiger partial charge on any atom is -0.466 e. The summed E-state index contributed by atoms with van der Waals surface area (Å²) < 4.78 is 4.94. The number of carbonyl (C=O) groups excluding carboxylic acids is 1. The minimum atomic E-state index is -0.120. The van der Waals surface area contributed by atoms with Gasteiger partial charge >= 0.3 is 5.97 Å². The van der Waals surface area contributed by atoms with Crippen LogP contribution in [-0.4, -0.2) is 12.6 Å². The monoisotopic (exact) mass is 212 g/mol. The predicted molar refractivity (Wildman–Crippen MR) is 58.6 cm³/mol. The molecule has 0 saturated heterocycles. The molecule has 0 amide bonds. The molecule has 14 heavy (non-hydrogen) atoms. The lowest BCUT2D eigenvalue weighted by molar-refractivity contribution is -0.144. The Balaban J connectivity index is 2.63. The molecule has 0 unspecified atom stereocenters. The minimum absolute atomic E-state index is 0.111. The van der Waals surface area contributed by atoms with Gasteiger partial charge in [-0.1, -0.05) is 19.9 Å². The van der Waals surface area contributed by atoms with Crippen molar-refractivity contribution in [2.24, 2.45) is 0 Å². The second kappa shape index (κ2) is 4.60. The van der Waals surface area contributed by atoms with E-state index in [1.165, 1.54) is 4.88 Å². The van der Waals surface area contributed by atoms with Crippen molar-refractivity contribution in [3.8, 4) is 0 Å². The third kappa shape index (κ3) is 2.84. The Morgan fingerprint density at radius 2 is 2.29 bits per heavy atom. The first-order chi connectivity index (χ1) is 6.56. The number of hydrogen-bond acceptors (Lipinski definition) is 3. The highest BCUT2D eigenvalue weighted by atomic mass is 32.1. The number of rotatable bonds is 4. The Morgan fingerprint density at radius 3 is 2.79 bits per heavy atom. The van der Waals surface area contributed by atoms with Gasteiger partial charge in [0.2, 0.25) is 0 Å². The van der Waals surface area contributed by atoms with Crippen LogP contribution in [0.5, 0.6) is 0 Å². The van der Waals surface area contributed by atoms with Gasteiger partial charge in [0.05, 0.1) is 13.0 Å². The van der Waals surface area contributed by atoms with Crippen LogP contribution in [0.2, 0.25) is 0 Å². The van der Waals surface area contributed by atoms with E-state index in [-0.39, 0.29) is 11.4 Å². The summed E-state index contributed by atoms with van der Waals surface area (Å²) in [5.74, 6) is -0.120. The third-order valence-corrected chi connectivity index (χ3v) is 3.32. The zero-order valence-corrected chi connectivity index (χ0v) is 9.69. The molecule has 0 bridgehead atoms. The summed E-state index contributed by atoms with van der Waals surface area (Å²) in [4.78, 5) is 12.6. The average Bonchev–Trinajstić information content (AvgIpc) is 2.54. The molecular formula is C11H16O2S. The fourth-order valence-electron chi connectivity index (χ4n) is 1.32. The van der Waals surface area contributed by atoms with Crippen molar-refractivity contribution < 1.29 is 9.53 Å². The van der Waals surface area contributed by atoms with Gasteiger partial charge in [-0.25, -0.2) is 0 Å². The first-order valence-corrected chi connectivity index (χ1v) is 5.64. The molecule has 0 radical (unpaired) electrons. The van der Waals surface area contributed by atoms with Crippen LogP contribution in [0, 0.1) is 0 Å². The Bertz CT molecular complexity index is 288. The van der Waals surface area contributed by atoms with Crippen molar-refractivity contribution in [2.75, 3.05) is 6.61 Å². The topological polar surface area (TPSA) is 26.3 Å². The van der Waals surface area contributed by atoms with Crippen LogP contribution in [0.25, 0.3) is 0 Å². The molecule has 0 aliphatic carbocycles. The molecule has 0 spiro atoms. The number of thiophene rings is 1. The van der Waals surface area contributed by atoms with Gasteiger partial charge in [0.1, 0.15) is 0 Å². The summed E-state index contributed by atoms with van der Waals surface area (Å²) in [6.45, 7) is 6.42. The van der Waals surface area contributed by atoms with Crippen LogP contribution in [0.1, 0.15) is 32.1 Å². The van der Waals surface area contributed by atoms with E-state index in [9.17, 15) is 4.79 Å². The summed E-state index contributed by atoms with van der Waals surface area (Å²) in [6.07, 6.45) is 0.446. The first kappa shape index (κ1) is 11.2. The smallest absolute Gasteiger partial charge is 0.306 e. The van der Waals surface area contributed by atoms with E-state index >= 15 is 0 Å². The van der Waals surface area contributed by atoms with E-state index in [1.807, 2.05) is 18.4 Å². The maximum atomic E-state index is 11.3. The normalized spacial score (nSPS) is 11.4. The predicted octanol–water partition coefficient (Wildman–Crippen LogP) is 2.98. The Hall–Kier alpha value is -0.830. The lowest BCUT2D eigenvalue weighted by Crippen LogP contribution is -2.22. The maximum Gasteiger partial charge on any atom is 0.306 e. The van der Waals surface area contributed by atoms with Crippen LogP contribution in [0.4, 0.5) is 0 Å². The molecule has 1 aromatic heterocycles. The number of ether oxygens (including phenoxy) is 1. The number of carbonyl (C=O) groups is 1. The molecule has 1 rings (SSSR count). The van der Waals surface area contributed by atoms with Crippen molar-refractivity contribution in [3.63, 3.8) is 0 Å². The van der Waals surface area contributed by atoms with E-state index in [4.69, 9.17) is 4.74 Å². The molecule has 0 fully saturated rings. The van der Waals surface area contributed by atoms with Gasteiger partial charge in [0, 0.05) is 10.3 Å². The second-order valence-electron chi connectivity index (χ2n) is 3.84. The van der Waals surface area contributed by atoms with Crippen molar-refractivity contribution in [1.82, 2.24) is 0 Å². The summed E-state index contributed by atoms with van der Waals surface area (Å²) >= 11 is 1.68. The van der Waals surface area contributed by atoms with Gasteiger partial charge in [0.25, 0.3) is 0 Å². The largest absolute Gasteiger partial charge is 0.466 e. The molecule has 0 aliphatic heterocycles. The number of esters is 1. The molecule has 0 atom stereocenters. The fourth-order valence-corrected chi connectivity index (χ4v) is 2.18. The van der Waals surface area contributed by atoms with Crippen LogP contribution in [0.3, 0.4) is 0 Å². The van der Waals surface area contributed by atoms with E-state index in [2.05, 4.69) is 19.9 Å². The first-order valence-electron chi connectivity index (χ1n) is 4.76. The van der Waals surface area contributed by atoms with E-state index in [0.29, 0.717) is 13.0 Å². The van der Waals surface area contributed by atoms with Crippen LogP contribution in [0.15, 0.2) is 17.5 Å². The lowest BCUT2D eigenvalue weighted by atomic mass is 9.88. The van der Waals surface area contributed by atoms with Crippen molar-refractivity contribution in [3.05, 3.63) is 22.4 Å². The molecular weight excluding hydrogens is 196 g/mol. The molecule has 78 valence electrons. The Morgan fingerprint density at radius 1 is 1.57 bits per heavy atom. The molecule has 0 aliphatic rings. The van der Waals surface area contributed by atoms with Crippen molar-refractivity contribution in [1.29, 1.82) is 0 Å². The van der Waals surface area contributed by atoms with Gasteiger partial charge in [0.15, 0.2) is 0 Å². The zero-order valence-electron chi connectivity index (χ0n) is 8.87. The van der Waals surface area contributed by atoms with Gasteiger partial charge in [-0.2, -0.15) is 0 Å². The van der Waals surface area contributed by atoms with Crippen molar-refractivity contribution in [2.45, 2.75) is 32.6 Å². The maximum absolute atomic E-state index is 11.3. The van der Waals surface area contributed by atoms with Gasteiger partial charge < -0.3 is 4.74 Å². The highest BCUT2D eigenvalue weighted by Crippen LogP contribution is 2.30. The number of hydrogen-bond donors (Lipinski definition) is 0. The highest BCUT2D eigenvalue weighted by Gasteiger charge is 2.25. The summed E-state index contributed by atoms with van der Waals surface area (Å²) in [5.41, 5.74) is -0.111. The van der Waals surface area contributed by atoms with Gasteiger partial charge in [-0.05, 0) is 18.4 Å². The third-order valence-electron chi connectivity index (χ3n) is 2.08. The molecule has 3 heteroatoms. The summed E-state index contributed by atoms with van der Waals surface area (Å²) in [6, 6.07) is 4.07. The Labute approximate surface area is 88.9 Å². The standard InChI is InChI=1S/C11H16O2S/c1-4-13-10(12)8-11(2,3)9-6-5-7-14-9/h5-7H,4,8H2,1-3H3. The van der Waals surface area contributed by atoms with E-state index in [1.54, 1.807) is 11.3 Å².